The van der Waals surface area contributed by atoms with Gasteiger partial charge in [-0.25, -0.2) is 0 Å². The van der Waals surface area contributed by atoms with E-state index < -0.39 is 8.32 Å². The van der Waals surface area contributed by atoms with Crippen molar-refractivity contribution in [1.29, 1.82) is 0 Å². The minimum absolute atomic E-state index is 0.790. The van der Waals surface area contributed by atoms with Gasteiger partial charge in [0.15, 0.2) is 0 Å². The molecule has 0 aliphatic carbocycles. The number of unbranched alkanes of at least 4 members (excludes halogenated alkanes) is 2. The Morgan fingerprint density at radius 2 is 1.53 bits per heavy atom. The molecule has 0 spiro atoms. The molecule has 0 aliphatic rings. The summed E-state index contributed by atoms with van der Waals surface area (Å²) in [5.74, 6) is 0. The van der Waals surface area contributed by atoms with E-state index in [4.69, 9.17) is 4.43 Å². The van der Waals surface area contributed by atoms with Gasteiger partial charge in [-0.2, -0.15) is 0 Å². The summed E-state index contributed by atoms with van der Waals surface area (Å²) in [7, 11) is 0.529. The van der Waals surface area contributed by atoms with Crippen LogP contribution >= 0.6 is 22.6 Å². The molecular weight excluding hydrogens is 315 g/mol. The number of hydrogen-bond acceptors (Lipinski definition) is 1. The Balaban J connectivity index is 4.43. The maximum atomic E-state index is 6.03. The fraction of sp³-hybridized carbons (Fsp3) is 1.00. The van der Waals surface area contributed by atoms with Crippen LogP contribution in [-0.2, 0) is 4.43 Å². The van der Waals surface area contributed by atoms with Crippen molar-refractivity contribution >= 4 is 30.9 Å². The lowest BCUT2D eigenvalue weighted by Crippen LogP contribution is -2.46. The summed E-state index contributed by atoms with van der Waals surface area (Å²) in [4.78, 5) is 0. The van der Waals surface area contributed by atoms with E-state index in [1.165, 1.54) is 44.2 Å². The molecule has 0 radical (unpaired) electrons. The normalized spacial score (nSPS) is 14.2. The molecule has 0 fully saturated rings. The predicted molar refractivity (Wildman–Crippen MR) is 80.3 cm³/mol. The van der Waals surface area contributed by atoms with E-state index in [0.29, 0.717) is 0 Å². The Hall–Kier alpha value is 0.907. The lowest BCUT2D eigenvalue weighted by Gasteiger charge is -2.34. The maximum Gasteiger partial charge on any atom is 0.204 e. The minimum atomic E-state index is -1.43. The Labute approximate surface area is 111 Å². The summed E-state index contributed by atoms with van der Waals surface area (Å²) in [6.07, 6.45) is 6.58. The molecule has 0 rings (SSSR count). The summed E-state index contributed by atoms with van der Waals surface area (Å²) in [6.45, 7) is 6.86. The molecule has 0 aromatic heterocycles. The monoisotopic (exact) mass is 342 g/mol. The van der Waals surface area contributed by atoms with Crippen LogP contribution in [0.3, 0.4) is 0 Å². The van der Waals surface area contributed by atoms with Crippen molar-refractivity contribution in [3.63, 3.8) is 0 Å². The van der Waals surface area contributed by atoms with Gasteiger partial charge in [-0.05, 0) is 18.5 Å². The SMILES string of the molecule is CCCC[Si](CCCC)(OC)C(I)CC. The smallest absolute Gasteiger partial charge is 0.204 e. The van der Waals surface area contributed by atoms with E-state index in [1.54, 1.807) is 0 Å². The second-order valence-corrected chi connectivity index (χ2v) is 11.3. The summed E-state index contributed by atoms with van der Waals surface area (Å²) < 4.78 is 6.82. The van der Waals surface area contributed by atoms with Gasteiger partial charge in [0, 0.05) is 10.7 Å². The zero-order chi connectivity index (χ0) is 11.7. The van der Waals surface area contributed by atoms with Crippen LogP contribution in [0.1, 0.15) is 52.9 Å². The second kappa shape index (κ2) is 8.99. The first kappa shape index (κ1) is 15.9. The van der Waals surface area contributed by atoms with Gasteiger partial charge < -0.3 is 4.43 Å². The largest absolute Gasteiger partial charge is 0.419 e. The van der Waals surface area contributed by atoms with Crippen molar-refractivity contribution in [2.45, 2.75) is 68.5 Å². The molecule has 0 saturated carbocycles. The highest BCUT2D eigenvalue weighted by Crippen LogP contribution is 2.32. The van der Waals surface area contributed by atoms with Crippen LogP contribution in [0.2, 0.25) is 12.1 Å². The Morgan fingerprint density at radius 3 is 1.80 bits per heavy atom. The predicted octanol–water partition coefficient (Wildman–Crippen LogP) is 4.93. The van der Waals surface area contributed by atoms with E-state index in [2.05, 4.69) is 43.4 Å². The van der Waals surface area contributed by atoms with Crippen LogP contribution < -0.4 is 0 Å². The Morgan fingerprint density at radius 1 is 1.07 bits per heavy atom. The second-order valence-electron chi connectivity index (χ2n) is 4.35. The maximum absolute atomic E-state index is 6.03. The molecule has 0 bridgehead atoms. The van der Waals surface area contributed by atoms with Crippen LogP contribution in [0.15, 0.2) is 0 Å². The molecule has 0 aliphatic heterocycles. The van der Waals surface area contributed by atoms with Crippen molar-refractivity contribution in [1.82, 2.24) is 0 Å². The molecule has 1 atom stereocenters. The zero-order valence-corrected chi connectivity index (χ0v) is 14.0. The van der Waals surface area contributed by atoms with Gasteiger partial charge in [0.05, 0.1) is 0 Å². The standard InChI is InChI=1S/C12H27IOSi/c1-5-8-10-15(14-4,11-9-6-2)12(13)7-3/h12H,5-11H2,1-4H3. The third kappa shape index (κ3) is 5.17. The van der Waals surface area contributed by atoms with Crippen molar-refractivity contribution in [3.05, 3.63) is 0 Å². The third-order valence-corrected chi connectivity index (χ3v) is 12.3. The molecule has 92 valence electrons. The first-order valence-electron chi connectivity index (χ1n) is 6.36. The van der Waals surface area contributed by atoms with Gasteiger partial charge in [0.1, 0.15) is 0 Å². The van der Waals surface area contributed by atoms with Crippen LogP contribution in [0.5, 0.6) is 0 Å². The summed E-state index contributed by atoms with van der Waals surface area (Å²) in [5, 5.41) is 0. The summed E-state index contributed by atoms with van der Waals surface area (Å²) in [6, 6.07) is 2.73. The molecule has 0 aromatic carbocycles. The van der Waals surface area contributed by atoms with Crippen LogP contribution in [-0.4, -0.2) is 19.0 Å². The zero-order valence-electron chi connectivity index (χ0n) is 10.8. The van der Waals surface area contributed by atoms with Gasteiger partial charge in [0.2, 0.25) is 8.32 Å². The van der Waals surface area contributed by atoms with E-state index in [0.717, 1.165) is 3.55 Å². The van der Waals surface area contributed by atoms with Crippen LogP contribution in [0, 0.1) is 0 Å². The highest BCUT2D eigenvalue weighted by molar-refractivity contribution is 14.1. The molecule has 3 heteroatoms. The molecule has 1 unspecified atom stereocenters. The lowest BCUT2D eigenvalue weighted by atomic mass is 10.4. The van der Waals surface area contributed by atoms with Crippen molar-refractivity contribution in [3.8, 4) is 0 Å². The highest BCUT2D eigenvalue weighted by atomic mass is 127. The Kier molecular flexibility index (Phi) is 9.53. The minimum Gasteiger partial charge on any atom is -0.419 e. The third-order valence-electron chi connectivity index (χ3n) is 3.24. The average molecular weight is 342 g/mol. The molecular formula is C12H27IOSi. The number of hydrogen-bond donors (Lipinski definition) is 0. The first-order valence-corrected chi connectivity index (χ1v) is 10.0. The van der Waals surface area contributed by atoms with E-state index in [9.17, 15) is 0 Å². The van der Waals surface area contributed by atoms with Gasteiger partial charge in [-0.15, -0.1) is 0 Å². The molecule has 0 saturated heterocycles. The topological polar surface area (TPSA) is 9.23 Å². The summed E-state index contributed by atoms with van der Waals surface area (Å²) >= 11 is 2.64. The van der Waals surface area contributed by atoms with E-state index in [1.807, 2.05) is 7.11 Å². The van der Waals surface area contributed by atoms with Crippen LogP contribution in [0.4, 0.5) is 0 Å². The van der Waals surface area contributed by atoms with Gasteiger partial charge in [0.25, 0.3) is 0 Å². The van der Waals surface area contributed by atoms with Gasteiger partial charge in [-0.3, -0.25) is 0 Å². The fourth-order valence-corrected chi connectivity index (χ4v) is 8.91. The number of halogens is 1. The van der Waals surface area contributed by atoms with E-state index >= 15 is 0 Å². The molecule has 0 aromatic rings. The van der Waals surface area contributed by atoms with Gasteiger partial charge >= 0.3 is 0 Å². The molecule has 0 heterocycles. The van der Waals surface area contributed by atoms with Crippen LogP contribution in [0.25, 0.3) is 0 Å². The lowest BCUT2D eigenvalue weighted by molar-refractivity contribution is 0.383. The average Bonchev–Trinajstić information content (AvgIpc) is 2.29. The highest BCUT2D eigenvalue weighted by Gasteiger charge is 2.38. The quantitative estimate of drug-likeness (QED) is 0.328. The number of rotatable bonds is 9. The molecule has 0 N–H and O–H groups in total. The van der Waals surface area contributed by atoms with E-state index in [-0.39, 0.29) is 0 Å². The Bertz CT molecular complexity index is 145. The van der Waals surface area contributed by atoms with Crippen molar-refractivity contribution in [2.24, 2.45) is 0 Å². The number of alkyl halides is 1. The molecule has 1 nitrogen and oxygen atoms in total. The fourth-order valence-electron chi connectivity index (χ4n) is 2.09. The van der Waals surface area contributed by atoms with Gasteiger partial charge in [-0.1, -0.05) is 69.0 Å². The first-order chi connectivity index (χ1) is 7.16. The summed E-state index contributed by atoms with van der Waals surface area (Å²) in [5.41, 5.74) is 0. The van der Waals surface area contributed by atoms with Crippen molar-refractivity contribution < 1.29 is 4.43 Å². The van der Waals surface area contributed by atoms with Crippen molar-refractivity contribution in [2.75, 3.05) is 7.11 Å². The molecule has 15 heavy (non-hydrogen) atoms. The molecule has 0 amide bonds.